The normalized spacial score (nSPS) is 22.7. The Bertz CT molecular complexity index is 970. The first kappa shape index (κ1) is 26.4. The predicted octanol–water partition coefficient (Wildman–Crippen LogP) is 5.95. The second kappa shape index (κ2) is 13.1. The zero-order valence-corrected chi connectivity index (χ0v) is 21.9. The van der Waals surface area contributed by atoms with Gasteiger partial charge < -0.3 is 15.4 Å². The van der Waals surface area contributed by atoms with E-state index < -0.39 is 0 Å². The number of carbonyl (C=O) groups excluding carboxylic acids is 1. The van der Waals surface area contributed by atoms with Crippen LogP contribution in [0.25, 0.3) is 0 Å². The van der Waals surface area contributed by atoms with Crippen LogP contribution in [-0.2, 0) is 0 Å². The number of likely N-dealkylation sites (tertiary alicyclic amines) is 1. The fourth-order valence-electron chi connectivity index (χ4n) is 6.19. The number of benzene rings is 2. The van der Waals surface area contributed by atoms with Crippen LogP contribution in [0.15, 0.2) is 61.2 Å². The molecule has 5 heteroatoms. The number of ether oxygens (including phenoxy) is 1. The van der Waals surface area contributed by atoms with E-state index in [2.05, 4.69) is 53.9 Å². The standard InChI is InChI=1S/C28H36N2O2.C3H7N/c1-32-26-11-7-8-23(20-26)27(30-24-9-3-4-10-25(30)17-16-24)21-12-14-22(15-13-21)28(31)29-18-5-2-6-19-29;1-2-3-4/h7-8,11-15,20,24-25,27H,2-6,9-10,16-19H2,1H3;2H,1,3-4H2. The summed E-state index contributed by atoms with van der Waals surface area (Å²) in [7, 11) is 1.74. The number of nitrogens with zero attached hydrogens (tertiary/aromatic N) is 2. The number of hydrogen-bond acceptors (Lipinski definition) is 4. The molecular formula is C31H43N3O2. The molecule has 0 spiro atoms. The van der Waals surface area contributed by atoms with Gasteiger partial charge in [-0.3, -0.25) is 9.69 Å². The Kier molecular flexibility index (Phi) is 9.60. The van der Waals surface area contributed by atoms with Crippen LogP contribution in [0.5, 0.6) is 5.75 Å². The first-order valence-corrected chi connectivity index (χ1v) is 13.8. The van der Waals surface area contributed by atoms with Gasteiger partial charge in [0.05, 0.1) is 13.2 Å². The molecule has 3 unspecified atom stereocenters. The lowest BCUT2D eigenvalue weighted by atomic mass is 9.94. The van der Waals surface area contributed by atoms with Gasteiger partial charge in [-0.2, -0.15) is 0 Å². The Morgan fingerprint density at radius 1 is 0.972 bits per heavy atom. The molecule has 5 rings (SSSR count). The Labute approximate surface area is 217 Å². The van der Waals surface area contributed by atoms with E-state index in [4.69, 9.17) is 10.5 Å². The second-order valence-electron chi connectivity index (χ2n) is 10.3. The van der Waals surface area contributed by atoms with Gasteiger partial charge in [0.25, 0.3) is 5.91 Å². The number of carbonyl (C=O) groups is 1. The summed E-state index contributed by atoms with van der Waals surface area (Å²) in [6.07, 6.45) is 13.0. The highest BCUT2D eigenvalue weighted by atomic mass is 16.5. The van der Waals surface area contributed by atoms with Crippen LogP contribution in [0.3, 0.4) is 0 Å². The number of piperidine rings is 1. The third-order valence-corrected chi connectivity index (χ3v) is 7.99. The maximum Gasteiger partial charge on any atom is 0.253 e. The van der Waals surface area contributed by atoms with Crippen LogP contribution in [-0.4, -0.2) is 54.5 Å². The van der Waals surface area contributed by atoms with Crippen molar-refractivity contribution in [2.45, 2.75) is 75.9 Å². The number of hydrogen-bond donors (Lipinski definition) is 1. The van der Waals surface area contributed by atoms with Crippen molar-refractivity contribution in [2.24, 2.45) is 5.73 Å². The highest BCUT2D eigenvalue weighted by Crippen LogP contribution is 2.43. The van der Waals surface area contributed by atoms with Crippen molar-refractivity contribution in [3.8, 4) is 5.75 Å². The molecule has 0 saturated carbocycles. The zero-order valence-electron chi connectivity index (χ0n) is 21.9. The lowest BCUT2D eigenvalue weighted by molar-refractivity contribution is 0.0724. The molecule has 0 aliphatic carbocycles. The van der Waals surface area contributed by atoms with Crippen molar-refractivity contribution in [3.05, 3.63) is 77.9 Å². The Balaban J connectivity index is 0.000000709. The van der Waals surface area contributed by atoms with Gasteiger partial charge >= 0.3 is 0 Å². The molecular weight excluding hydrogens is 446 g/mol. The van der Waals surface area contributed by atoms with Crippen LogP contribution >= 0.6 is 0 Å². The first-order valence-electron chi connectivity index (χ1n) is 13.8. The summed E-state index contributed by atoms with van der Waals surface area (Å²) >= 11 is 0. The minimum Gasteiger partial charge on any atom is -0.497 e. The molecule has 2 aromatic rings. The summed E-state index contributed by atoms with van der Waals surface area (Å²) in [5, 5.41) is 0. The van der Waals surface area contributed by atoms with E-state index in [1.165, 1.54) is 56.1 Å². The van der Waals surface area contributed by atoms with Crippen molar-refractivity contribution in [2.75, 3.05) is 26.7 Å². The molecule has 3 heterocycles. The topological polar surface area (TPSA) is 58.8 Å². The zero-order chi connectivity index (χ0) is 25.3. The third-order valence-electron chi connectivity index (χ3n) is 7.99. The number of rotatable bonds is 6. The maximum atomic E-state index is 13.0. The van der Waals surface area contributed by atoms with Crippen LogP contribution < -0.4 is 10.5 Å². The summed E-state index contributed by atoms with van der Waals surface area (Å²) in [6.45, 7) is 5.72. The summed E-state index contributed by atoms with van der Waals surface area (Å²) in [5.74, 6) is 1.09. The number of fused-ring (bicyclic) bond motifs is 2. The molecule has 194 valence electrons. The van der Waals surface area contributed by atoms with Crippen molar-refractivity contribution >= 4 is 5.91 Å². The minimum atomic E-state index is 0.184. The predicted molar refractivity (Wildman–Crippen MR) is 147 cm³/mol. The van der Waals surface area contributed by atoms with E-state index in [0.717, 1.165) is 37.2 Å². The molecule has 3 saturated heterocycles. The van der Waals surface area contributed by atoms with Crippen molar-refractivity contribution in [3.63, 3.8) is 0 Å². The molecule has 2 bridgehead atoms. The van der Waals surface area contributed by atoms with E-state index in [9.17, 15) is 4.79 Å². The van der Waals surface area contributed by atoms with Gasteiger partial charge in [0, 0.05) is 37.3 Å². The van der Waals surface area contributed by atoms with Gasteiger partial charge in [-0.1, -0.05) is 43.2 Å². The molecule has 3 aliphatic heterocycles. The van der Waals surface area contributed by atoms with E-state index in [0.29, 0.717) is 18.6 Å². The fraction of sp³-hybridized carbons (Fsp3) is 0.516. The minimum absolute atomic E-state index is 0.184. The molecule has 3 fully saturated rings. The molecule has 3 aliphatic rings. The lowest BCUT2D eigenvalue weighted by Gasteiger charge is -2.37. The number of methoxy groups -OCH3 is 1. The SMILES string of the molecule is C=CCN.COc1cccc(C(c2ccc(C(=O)N3CCCCC3)cc2)N2C3CCCCC2CC3)c1. The van der Waals surface area contributed by atoms with Crippen LogP contribution in [0, 0.1) is 0 Å². The van der Waals surface area contributed by atoms with Gasteiger partial charge in [0.2, 0.25) is 0 Å². The van der Waals surface area contributed by atoms with E-state index in [1.54, 1.807) is 13.2 Å². The smallest absolute Gasteiger partial charge is 0.253 e. The second-order valence-corrected chi connectivity index (χ2v) is 10.3. The van der Waals surface area contributed by atoms with Gasteiger partial charge in [-0.15, -0.1) is 6.58 Å². The Hall–Kier alpha value is -2.63. The number of amides is 1. The van der Waals surface area contributed by atoms with E-state index in [-0.39, 0.29) is 11.9 Å². The summed E-state index contributed by atoms with van der Waals surface area (Å²) in [5.41, 5.74) is 8.30. The quantitative estimate of drug-likeness (QED) is 0.510. The summed E-state index contributed by atoms with van der Waals surface area (Å²) < 4.78 is 5.57. The van der Waals surface area contributed by atoms with Crippen LogP contribution in [0.2, 0.25) is 0 Å². The first-order chi connectivity index (χ1) is 17.7. The molecule has 3 atom stereocenters. The lowest BCUT2D eigenvalue weighted by Crippen LogP contribution is -2.38. The molecule has 2 N–H and O–H groups in total. The van der Waals surface area contributed by atoms with Gasteiger partial charge in [0.1, 0.15) is 5.75 Å². The molecule has 2 aromatic carbocycles. The van der Waals surface area contributed by atoms with Crippen LogP contribution in [0.4, 0.5) is 0 Å². The number of nitrogens with two attached hydrogens (primary N) is 1. The van der Waals surface area contributed by atoms with Gasteiger partial charge in [-0.25, -0.2) is 0 Å². The largest absolute Gasteiger partial charge is 0.497 e. The average Bonchev–Trinajstić information content (AvgIpc) is 3.21. The highest BCUT2D eigenvalue weighted by molar-refractivity contribution is 5.94. The summed E-state index contributed by atoms with van der Waals surface area (Å²) in [6, 6.07) is 18.6. The molecule has 1 amide bonds. The van der Waals surface area contributed by atoms with Gasteiger partial charge in [0.15, 0.2) is 0 Å². The van der Waals surface area contributed by atoms with E-state index in [1.807, 2.05) is 11.0 Å². The van der Waals surface area contributed by atoms with E-state index >= 15 is 0 Å². The molecule has 5 nitrogen and oxygen atoms in total. The monoisotopic (exact) mass is 489 g/mol. The summed E-state index contributed by atoms with van der Waals surface area (Å²) in [4.78, 5) is 17.8. The average molecular weight is 490 g/mol. The Morgan fingerprint density at radius 2 is 1.61 bits per heavy atom. The van der Waals surface area contributed by atoms with Crippen molar-refractivity contribution < 1.29 is 9.53 Å². The maximum absolute atomic E-state index is 13.0. The Morgan fingerprint density at radius 3 is 2.19 bits per heavy atom. The molecule has 0 radical (unpaired) electrons. The van der Waals surface area contributed by atoms with Crippen molar-refractivity contribution in [1.82, 2.24) is 9.80 Å². The highest BCUT2D eigenvalue weighted by Gasteiger charge is 2.40. The van der Waals surface area contributed by atoms with Crippen molar-refractivity contribution in [1.29, 1.82) is 0 Å². The fourth-order valence-corrected chi connectivity index (χ4v) is 6.19. The molecule has 36 heavy (non-hydrogen) atoms. The molecule has 0 aromatic heterocycles. The van der Waals surface area contributed by atoms with Crippen LogP contribution in [0.1, 0.15) is 85.3 Å². The third kappa shape index (κ3) is 6.19. The van der Waals surface area contributed by atoms with Gasteiger partial charge in [-0.05, 0) is 80.3 Å².